The maximum absolute atomic E-state index is 10.5. The van der Waals surface area contributed by atoms with E-state index < -0.39 is 5.97 Å². The molecule has 0 saturated heterocycles. The third-order valence-corrected chi connectivity index (χ3v) is 3.25. The van der Waals surface area contributed by atoms with Crippen LogP contribution in [0.15, 0.2) is 0 Å². The maximum Gasteiger partial charge on any atom is 0.303 e. The first kappa shape index (κ1) is 8.62. The number of aliphatic carboxylic acids is 1. The molecule has 2 aliphatic rings. The summed E-state index contributed by atoms with van der Waals surface area (Å²) in [6, 6.07) is 0. The number of carbonyl (C=O) groups is 1. The molecule has 1 N–H and O–H groups in total. The number of hydrogen-bond acceptors (Lipinski definition) is 1. The fraction of sp³-hybridized carbons (Fsp3) is 0.727. The molecule has 0 radical (unpaired) electrons. The average Bonchev–Trinajstić information content (AvgIpc) is 2.58. The van der Waals surface area contributed by atoms with Gasteiger partial charge in [-0.3, -0.25) is 4.79 Å². The zero-order chi connectivity index (χ0) is 9.26. The van der Waals surface area contributed by atoms with Gasteiger partial charge in [-0.05, 0) is 30.6 Å². The van der Waals surface area contributed by atoms with Gasteiger partial charge in [0.1, 0.15) is 0 Å². The van der Waals surface area contributed by atoms with Crippen LogP contribution in [0.3, 0.4) is 0 Å². The Morgan fingerprint density at radius 2 is 1.77 bits per heavy atom. The molecular weight excluding hydrogens is 164 g/mol. The van der Waals surface area contributed by atoms with Crippen LogP contribution in [0.2, 0.25) is 0 Å². The highest BCUT2D eigenvalue weighted by atomic mass is 16.4. The minimum Gasteiger partial charge on any atom is -0.481 e. The van der Waals surface area contributed by atoms with Crippen molar-refractivity contribution in [2.45, 2.75) is 32.1 Å². The van der Waals surface area contributed by atoms with Crippen molar-refractivity contribution >= 4 is 5.97 Å². The molecule has 1 saturated carbocycles. The van der Waals surface area contributed by atoms with Crippen molar-refractivity contribution in [1.29, 1.82) is 0 Å². The maximum atomic E-state index is 10.5. The fourth-order valence-electron chi connectivity index (χ4n) is 2.54. The molecule has 0 aromatic carbocycles. The third-order valence-electron chi connectivity index (χ3n) is 3.25. The molecule has 0 heterocycles. The molecule has 2 nitrogen and oxygen atoms in total. The van der Waals surface area contributed by atoms with Crippen molar-refractivity contribution in [3.8, 4) is 11.8 Å². The van der Waals surface area contributed by atoms with E-state index in [1.165, 1.54) is 0 Å². The standard InChI is InChI=1S/C11H14O2/c12-11(13)7-10-8-5-3-1-2-4-6-9(8)10/h8-10H,3-7H2,(H,12,13). The van der Waals surface area contributed by atoms with Gasteiger partial charge >= 0.3 is 5.97 Å². The lowest BCUT2D eigenvalue weighted by Crippen LogP contribution is -1.97. The second kappa shape index (κ2) is 3.41. The predicted molar refractivity (Wildman–Crippen MR) is 49.0 cm³/mol. The van der Waals surface area contributed by atoms with Gasteiger partial charge in [-0.2, -0.15) is 0 Å². The molecule has 0 aromatic heterocycles. The van der Waals surface area contributed by atoms with Crippen molar-refractivity contribution in [3.05, 3.63) is 0 Å². The lowest BCUT2D eigenvalue weighted by atomic mass is 10.1. The molecule has 2 heteroatoms. The van der Waals surface area contributed by atoms with E-state index in [9.17, 15) is 4.79 Å². The van der Waals surface area contributed by atoms with Crippen LogP contribution >= 0.6 is 0 Å². The molecular formula is C11H14O2. The van der Waals surface area contributed by atoms with Crippen molar-refractivity contribution in [2.75, 3.05) is 0 Å². The van der Waals surface area contributed by atoms with Crippen molar-refractivity contribution in [3.63, 3.8) is 0 Å². The Bertz CT molecular complexity index is 254. The first-order chi connectivity index (χ1) is 6.29. The Morgan fingerprint density at radius 1 is 1.23 bits per heavy atom. The van der Waals surface area contributed by atoms with Gasteiger partial charge in [0.15, 0.2) is 0 Å². The highest BCUT2D eigenvalue weighted by Crippen LogP contribution is 2.54. The summed E-state index contributed by atoms with van der Waals surface area (Å²) in [5.74, 6) is 7.40. The van der Waals surface area contributed by atoms with E-state index in [1.807, 2.05) is 0 Å². The normalized spacial score (nSPS) is 36.2. The molecule has 0 amide bonds. The van der Waals surface area contributed by atoms with Crippen molar-refractivity contribution in [2.24, 2.45) is 17.8 Å². The molecule has 0 aromatic rings. The van der Waals surface area contributed by atoms with Crippen LogP contribution in [0.5, 0.6) is 0 Å². The molecule has 2 rings (SSSR count). The fourth-order valence-corrected chi connectivity index (χ4v) is 2.54. The zero-order valence-corrected chi connectivity index (χ0v) is 7.62. The minimum atomic E-state index is -0.641. The van der Waals surface area contributed by atoms with Gasteiger partial charge in [0.2, 0.25) is 0 Å². The summed E-state index contributed by atoms with van der Waals surface area (Å²) in [6.45, 7) is 0. The number of carboxylic acids is 1. The van der Waals surface area contributed by atoms with Crippen LogP contribution in [0, 0.1) is 29.6 Å². The van der Waals surface area contributed by atoms with Gasteiger partial charge in [0.25, 0.3) is 0 Å². The van der Waals surface area contributed by atoms with Crippen molar-refractivity contribution in [1.82, 2.24) is 0 Å². The molecule has 2 atom stereocenters. The van der Waals surface area contributed by atoms with Gasteiger partial charge in [0, 0.05) is 19.3 Å². The minimum absolute atomic E-state index is 0.370. The van der Waals surface area contributed by atoms with Gasteiger partial charge in [-0.15, -0.1) is 11.8 Å². The van der Waals surface area contributed by atoms with E-state index in [1.54, 1.807) is 0 Å². The van der Waals surface area contributed by atoms with Crippen LogP contribution in [0.25, 0.3) is 0 Å². The molecule has 13 heavy (non-hydrogen) atoms. The number of fused-ring (bicyclic) bond motifs is 1. The molecule has 1 fully saturated rings. The van der Waals surface area contributed by atoms with E-state index in [0.717, 1.165) is 25.7 Å². The van der Waals surface area contributed by atoms with Gasteiger partial charge in [-0.25, -0.2) is 0 Å². The van der Waals surface area contributed by atoms with Crippen LogP contribution in [0.4, 0.5) is 0 Å². The SMILES string of the molecule is O=C(O)CC1C2CCC#CCCC21. The molecule has 0 bridgehead atoms. The Hall–Kier alpha value is -0.970. The average molecular weight is 178 g/mol. The highest BCUT2D eigenvalue weighted by molar-refractivity contribution is 5.67. The van der Waals surface area contributed by atoms with Gasteiger partial charge < -0.3 is 5.11 Å². The number of rotatable bonds is 2. The van der Waals surface area contributed by atoms with E-state index in [0.29, 0.717) is 24.2 Å². The Kier molecular flexibility index (Phi) is 2.26. The lowest BCUT2D eigenvalue weighted by molar-refractivity contribution is -0.137. The molecule has 2 unspecified atom stereocenters. The summed E-state index contributed by atoms with van der Waals surface area (Å²) in [5, 5.41) is 8.68. The summed E-state index contributed by atoms with van der Waals surface area (Å²) >= 11 is 0. The van der Waals surface area contributed by atoms with Crippen LogP contribution in [0.1, 0.15) is 32.1 Å². The summed E-state index contributed by atoms with van der Waals surface area (Å²) < 4.78 is 0. The molecule has 0 aliphatic heterocycles. The largest absolute Gasteiger partial charge is 0.481 e. The second-order valence-corrected chi connectivity index (χ2v) is 4.02. The lowest BCUT2D eigenvalue weighted by Gasteiger charge is -1.96. The zero-order valence-electron chi connectivity index (χ0n) is 7.62. The second-order valence-electron chi connectivity index (χ2n) is 4.02. The first-order valence-electron chi connectivity index (χ1n) is 4.96. The Balaban J connectivity index is 1.89. The van der Waals surface area contributed by atoms with Crippen LogP contribution in [-0.4, -0.2) is 11.1 Å². The summed E-state index contributed by atoms with van der Waals surface area (Å²) in [6.07, 6.45) is 4.55. The summed E-state index contributed by atoms with van der Waals surface area (Å²) in [7, 11) is 0. The first-order valence-corrected chi connectivity index (χ1v) is 4.96. The number of carboxylic acid groups (broad SMARTS) is 1. The van der Waals surface area contributed by atoms with Gasteiger partial charge in [0.05, 0.1) is 0 Å². The van der Waals surface area contributed by atoms with Crippen LogP contribution < -0.4 is 0 Å². The van der Waals surface area contributed by atoms with E-state index in [2.05, 4.69) is 11.8 Å². The third kappa shape index (κ3) is 1.85. The Labute approximate surface area is 78.3 Å². The number of hydrogen-bond donors (Lipinski definition) is 1. The van der Waals surface area contributed by atoms with Crippen LogP contribution in [-0.2, 0) is 4.79 Å². The van der Waals surface area contributed by atoms with E-state index in [4.69, 9.17) is 5.11 Å². The van der Waals surface area contributed by atoms with E-state index >= 15 is 0 Å². The monoisotopic (exact) mass is 178 g/mol. The predicted octanol–water partition coefficient (Wildman–Crippen LogP) is 1.90. The molecule has 0 spiro atoms. The summed E-state index contributed by atoms with van der Waals surface area (Å²) in [5.41, 5.74) is 0. The smallest absolute Gasteiger partial charge is 0.303 e. The highest BCUT2D eigenvalue weighted by Gasteiger charge is 2.49. The van der Waals surface area contributed by atoms with E-state index in [-0.39, 0.29) is 0 Å². The molecule has 2 aliphatic carbocycles. The Morgan fingerprint density at radius 3 is 2.23 bits per heavy atom. The quantitative estimate of drug-likeness (QED) is 0.656. The molecule has 70 valence electrons. The van der Waals surface area contributed by atoms with Gasteiger partial charge in [-0.1, -0.05) is 0 Å². The summed E-state index contributed by atoms with van der Waals surface area (Å²) in [4.78, 5) is 10.5. The topological polar surface area (TPSA) is 37.3 Å². The van der Waals surface area contributed by atoms with Crippen molar-refractivity contribution < 1.29 is 9.90 Å².